The highest BCUT2D eigenvalue weighted by molar-refractivity contribution is 7.92. The molecule has 3 rings (SSSR count). The molecule has 0 aliphatic carbocycles. The normalized spacial score (nSPS) is 10.8. The van der Waals surface area contributed by atoms with Gasteiger partial charge in [-0.2, -0.15) is 0 Å². The van der Waals surface area contributed by atoms with Crippen molar-refractivity contribution in [2.24, 2.45) is 0 Å². The van der Waals surface area contributed by atoms with Crippen LogP contribution in [-0.4, -0.2) is 33.5 Å². The number of ether oxygens (including phenoxy) is 2. The van der Waals surface area contributed by atoms with Crippen molar-refractivity contribution in [3.05, 3.63) is 82.4 Å². The Balaban J connectivity index is 1.81. The summed E-state index contributed by atoms with van der Waals surface area (Å²) in [6.07, 6.45) is 0. The number of nitro groups is 1. The minimum atomic E-state index is -3.91. The Morgan fingerprint density at radius 2 is 1.59 bits per heavy atom. The number of carbonyl (C=O) groups excluding carboxylic acids is 1. The summed E-state index contributed by atoms with van der Waals surface area (Å²) in [6, 6.07) is 15.6. The third-order valence-corrected chi connectivity index (χ3v) is 5.79. The van der Waals surface area contributed by atoms with Gasteiger partial charge >= 0.3 is 0 Å². The Bertz CT molecular complexity index is 1260. The third kappa shape index (κ3) is 5.13. The van der Waals surface area contributed by atoms with Crippen molar-refractivity contribution in [1.82, 2.24) is 0 Å². The summed E-state index contributed by atoms with van der Waals surface area (Å²) in [5, 5.41) is 13.8. The standard InChI is InChI=1S/C21H19N3O7S/c1-30-16-6-9-18(10-7-16)32(28,29)23-15-5-3-4-14(12-15)21(25)22-19-11-8-17(31-2)13-20(19)24(26)27/h3-13,23H,1-2H3,(H,22,25). The lowest BCUT2D eigenvalue weighted by Crippen LogP contribution is -2.15. The van der Waals surface area contributed by atoms with Crippen LogP contribution in [0.3, 0.4) is 0 Å². The minimum absolute atomic E-state index is 0.0158. The van der Waals surface area contributed by atoms with Gasteiger partial charge in [-0.3, -0.25) is 19.6 Å². The molecule has 10 nitrogen and oxygen atoms in total. The monoisotopic (exact) mass is 457 g/mol. The van der Waals surface area contributed by atoms with Crippen LogP contribution in [0.5, 0.6) is 11.5 Å². The molecule has 32 heavy (non-hydrogen) atoms. The zero-order chi connectivity index (χ0) is 23.3. The molecule has 0 fully saturated rings. The first-order chi connectivity index (χ1) is 15.2. The minimum Gasteiger partial charge on any atom is -0.497 e. The van der Waals surface area contributed by atoms with Crippen LogP contribution in [0.1, 0.15) is 10.4 Å². The topological polar surface area (TPSA) is 137 Å². The molecule has 11 heteroatoms. The molecule has 0 bridgehead atoms. The molecule has 0 atom stereocenters. The molecule has 1 amide bonds. The molecule has 0 unspecified atom stereocenters. The second-order valence-corrected chi connectivity index (χ2v) is 8.14. The van der Waals surface area contributed by atoms with E-state index in [0.717, 1.165) is 0 Å². The Morgan fingerprint density at radius 1 is 0.938 bits per heavy atom. The second kappa shape index (κ2) is 9.35. The van der Waals surface area contributed by atoms with Gasteiger partial charge in [0.05, 0.1) is 30.1 Å². The van der Waals surface area contributed by atoms with Gasteiger partial charge in [0.15, 0.2) is 0 Å². The molecular weight excluding hydrogens is 438 g/mol. The number of anilines is 2. The van der Waals surface area contributed by atoms with Crippen molar-refractivity contribution in [2.75, 3.05) is 24.3 Å². The highest BCUT2D eigenvalue weighted by Gasteiger charge is 2.19. The first-order valence-electron chi connectivity index (χ1n) is 9.14. The maximum absolute atomic E-state index is 12.6. The van der Waals surface area contributed by atoms with E-state index in [4.69, 9.17) is 9.47 Å². The van der Waals surface area contributed by atoms with Gasteiger partial charge in [0.1, 0.15) is 17.2 Å². The van der Waals surface area contributed by atoms with E-state index < -0.39 is 20.9 Å². The van der Waals surface area contributed by atoms with Crippen LogP contribution >= 0.6 is 0 Å². The Kier molecular flexibility index (Phi) is 6.59. The molecule has 0 spiro atoms. The van der Waals surface area contributed by atoms with Crippen molar-refractivity contribution in [3.8, 4) is 11.5 Å². The fraction of sp³-hybridized carbons (Fsp3) is 0.0952. The largest absolute Gasteiger partial charge is 0.497 e. The molecule has 0 saturated heterocycles. The molecule has 2 N–H and O–H groups in total. The van der Waals surface area contributed by atoms with Gasteiger partial charge in [-0.05, 0) is 54.6 Å². The Hall–Kier alpha value is -4.12. The van der Waals surface area contributed by atoms with Crippen LogP contribution in [0.15, 0.2) is 71.6 Å². The summed E-state index contributed by atoms with van der Waals surface area (Å²) < 4.78 is 37.6. The molecule has 3 aromatic rings. The van der Waals surface area contributed by atoms with Crippen molar-refractivity contribution in [1.29, 1.82) is 0 Å². The van der Waals surface area contributed by atoms with Crippen LogP contribution in [0.4, 0.5) is 17.1 Å². The Morgan fingerprint density at radius 3 is 2.22 bits per heavy atom. The number of hydrogen-bond acceptors (Lipinski definition) is 7. The lowest BCUT2D eigenvalue weighted by molar-refractivity contribution is -0.384. The van der Waals surface area contributed by atoms with Crippen molar-refractivity contribution < 1.29 is 27.6 Å². The smallest absolute Gasteiger partial charge is 0.296 e. The van der Waals surface area contributed by atoms with E-state index in [1.165, 1.54) is 80.9 Å². The summed E-state index contributed by atoms with van der Waals surface area (Å²) >= 11 is 0. The number of benzene rings is 3. The number of hydrogen-bond donors (Lipinski definition) is 2. The zero-order valence-corrected chi connectivity index (χ0v) is 17.9. The maximum atomic E-state index is 12.6. The number of amides is 1. The first-order valence-corrected chi connectivity index (χ1v) is 10.6. The summed E-state index contributed by atoms with van der Waals surface area (Å²) in [5.74, 6) is 0.128. The number of nitro benzene ring substituents is 1. The summed E-state index contributed by atoms with van der Waals surface area (Å²) in [6.45, 7) is 0. The molecule has 0 aliphatic rings. The van der Waals surface area contributed by atoms with Gasteiger partial charge in [-0.15, -0.1) is 0 Å². The molecule has 3 aromatic carbocycles. The number of rotatable bonds is 8. The molecule has 166 valence electrons. The SMILES string of the molecule is COc1ccc(S(=O)(=O)Nc2cccc(C(=O)Nc3ccc(OC)cc3[N+](=O)[O-])c2)cc1. The van der Waals surface area contributed by atoms with E-state index in [1.54, 1.807) is 0 Å². The van der Waals surface area contributed by atoms with Gasteiger partial charge in [0, 0.05) is 11.3 Å². The number of carbonyl (C=O) groups is 1. The molecule has 0 aromatic heterocycles. The quantitative estimate of drug-likeness (QED) is 0.389. The lowest BCUT2D eigenvalue weighted by atomic mass is 10.2. The average Bonchev–Trinajstić information content (AvgIpc) is 2.79. The summed E-state index contributed by atoms with van der Waals surface area (Å²) in [5.41, 5.74) is -0.109. The lowest BCUT2D eigenvalue weighted by Gasteiger charge is -2.11. The highest BCUT2D eigenvalue weighted by Crippen LogP contribution is 2.29. The van der Waals surface area contributed by atoms with Gasteiger partial charge < -0.3 is 14.8 Å². The molecular formula is C21H19N3O7S. The molecule has 0 saturated carbocycles. The van der Waals surface area contributed by atoms with Crippen molar-refractivity contribution >= 4 is 33.0 Å². The Labute approximate surface area is 184 Å². The van der Waals surface area contributed by atoms with E-state index in [1.807, 2.05) is 0 Å². The van der Waals surface area contributed by atoms with Crippen molar-refractivity contribution in [3.63, 3.8) is 0 Å². The number of sulfonamides is 1. The summed E-state index contributed by atoms with van der Waals surface area (Å²) in [7, 11) is -1.06. The number of nitrogens with one attached hydrogen (secondary N) is 2. The third-order valence-electron chi connectivity index (χ3n) is 4.40. The fourth-order valence-electron chi connectivity index (χ4n) is 2.78. The van der Waals surface area contributed by atoms with Crippen LogP contribution in [0.2, 0.25) is 0 Å². The number of nitrogens with zero attached hydrogens (tertiary/aromatic N) is 1. The van der Waals surface area contributed by atoms with Crippen LogP contribution in [0, 0.1) is 10.1 Å². The predicted molar refractivity (Wildman–Crippen MR) is 118 cm³/mol. The zero-order valence-electron chi connectivity index (χ0n) is 17.1. The summed E-state index contributed by atoms with van der Waals surface area (Å²) in [4.78, 5) is 23.3. The number of methoxy groups -OCH3 is 2. The van der Waals surface area contributed by atoms with Crippen LogP contribution in [0.25, 0.3) is 0 Å². The van der Waals surface area contributed by atoms with E-state index in [2.05, 4.69) is 10.0 Å². The second-order valence-electron chi connectivity index (χ2n) is 6.46. The fourth-order valence-corrected chi connectivity index (χ4v) is 3.83. The van der Waals surface area contributed by atoms with E-state index in [9.17, 15) is 23.3 Å². The van der Waals surface area contributed by atoms with Gasteiger partial charge in [-0.1, -0.05) is 6.07 Å². The van der Waals surface area contributed by atoms with E-state index >= 15 is 0 Å². The average molecular weight is 457 g/mol. The van der Waals surface area contributed by atoms with E-state index in [-0.39, 0.29) is 33.3 Å². The van der Waals surface area contributed by atoms with Gasteiger partial charge in [0.2, 0.25) is 0 Å². The maximum Gasteiger partial charge on any atom is 0.296 e. The van der Waals surface area contributed by atoms with Crippen LogP contribution in [-0.2, 0) is 10.0 Å². The first kappa shape index (κ1) is 22.6. The predicted octanol–water partition coefficient (Wildman–Crippen LogP) is 3.67. The highest BCUT2D eigenvalue weighted by atomic mass is 32.2. The molecule has 0 aliphatic heterocycles. The van der Waals surface area contributed by atoms with Crippen molar-refractivity contribution in [2.45, 2.75) is 4.90 Å². The van der Waals surface area contributed by atoms with Gasteiger partial charge in [-0.25, -0.2) is 8.42 Å². The van der Waals surface area contributed by atoms with Crippen LogP contribution < -0.4 is 19.5 Å². The van der Waals surface area contributed by atoms with Gasteiger partial charge in [0.25, 0.3) is 21.6 Å². The van der Waals surface area contributed by atoms with E-state index in [0.29, 0.717) is 5.75 Å². The molecule has 0 heterocycles. The molecule has 0 radical (unpaired) electrons.